The maximum Gasteiger partial charge on any atom is 0.305 e. The fourth-order valence-corrected chi connectivity index (χ4v) is 1.59. The normalized spacial score (nSPS) is 10.6. The summed E-state index contributed by atoms with van der Waals surface area (Å²) in [5.74, 6) is 0.453. The van der Waals surface area contributed by atoms with Gasteiger partial charge < -0.3 is 9.15 Å². The number of ether oxygens (including phenoxy) is 1. The van der Waals surface area contributed by atoms with Crippen molar-refractivity contribution < 1.29 is 13.9 Å². The Balaban J connectivity index is 2.16. The highest BCUT2D eigenvalue weighted by Crippen LogP contribution is 2.17. The second-order valence-corrected chi connectivity index (χ2v) is 3.61. The van der Waals surface area contributed by atoms with E-state index in [1.54, 1.807) is 0 Å². The average Bonchev–Trinajstić information content (AvgIpc) is 2.65. The van der Waals surface area contributed by atoms with Gasteiger partial charge >= 0.3 is 5.97 Å². The van der Waals surface area contributed by atoms with E-state index in [-0.39, 0.29) is 5.97 Å². The zero-order chi connectivity index (χ0) is 11.5. The van der Waals surface area contributed by atoms with Crippen molar-refractivity contribution >= 4 is 17.1 Å². The van der Waals surface area contributed by atoms with E-state index in [1.165, 1.54) is 7.11 Å². The van der Waals surface area contributed by atoms with Gasteiger partial charge in [0.15, 0.2) is 11.5 Å². The maximum atomic E-state index is 11.0. The maximum absolute atomic E-state index is 11.0. The minimum atomic E-state index is -0.200. The summed E-state index contributed by atoms with van der Waals surface area (Å²) in [4.78, 5) is 15.2. The summed E-state index contributed by atoms with van der Waals surface area (Å²) in [6, 6.07) is 5.77. The molecule has 1 aromatic carbocycles. The molecular weight excluding hydrogens is 206 g/mol. The number of aromatic nitrogens is 1. The fourth-order valence-electron chi connectivity index (χ4n) is 1.59. The van der Waals surface area contributed by atoms with Gasteiger partial charge in [-0.15, -0.1) is 0 Å². The SMILES string of the molecule is COC(=O)CCc1ccc2nc(C)oc2c1. The molecule has 84 valence electrons. The Morgan fingerprint density at radius 2 is 2.31 bits per heavy atom. The summed E-state index contributed by atoms with van der Waals surface area (Å²) in [5, 5.41) is 0. The van der Waals surface area contributed by atoms with E-state index in [2.05, 4.69) is 9.72 Å². The molecule has 4 nitrogen and oxygen atoms in total. The molecule has 0 saturated heterocycles. The number of hydrogen-bond donors (Lipinski definition) is 0. The lowest BCUT2D eigenvalue weighted by Crippen LogP contribution is -2.01. The van der Waals surface area contributed by atoms with Gasteiger partial charge in [-0.1, -0.05) is 6.07 Å². The fraction of sp³-hybridized carbons (Fsp3) is 0.333. The Kier molecular flexibility index (Phi) is 2.90. The van der Waals surface area contributed by atoms with Crippen LogP contribution in [0.15, 0.2) is 22.6 Å². The molecule has 0 radical (unpaired) electrons. The number of methoxy groups -OCH3 is 1. The molecular formula is C12H13NO3. The zero-order valence-electron chi connectivity index (χ0n) is 9.32. The van der Waals surface area contributed by atoms with Crippen LogP contribution in [0.25, 0.3) is 11.1 Å². The smallest absolute Gasteiger partial charge is 0.305 e. The minimum Gasteiger partial charge on any atom is -0.469 e. The minimum absolute atomic E-state index is 0.200. The molecule has 0 fully saturated rings. The van der Waals surface area contributed by atoms with E-state index >= 15 is 0 Å². The predicted molar refractivity (Wildman–Crippen MR) is 59.1 cm³/mol. The number of oxazole rings is 1. The Morgan fingerprint density at radius 1 is 1.50 bits per heavy atom. The average molecular weight is 219 g/mol. The van der Waals surface area contributed by atoms with Crippen LogP contribution in [0.5, 0.6) is 0 Å². The molecule has 0 saturated carbocycles. The molecule has 1 aromatic heterocycles. The summed E-state index contributed by atoms with van der Waals surface area (Å²) in [6.07, 6.45) is 1.04. The lowest BCUT2D eigenvalue weighted by molar-refractivity contribution is -0.140. The van der Waals surface area contributed by atoms with E-state index in [4.69, 9.17) is 4.42 Å². The van der Waals surface area contributed by atoms with Gasteiger partial charge in [0.05, 0.1) is 7.11 Å². The standard InChI is InChI=1S/C12H13NO3/c1-8-13-10-5-3-9(7-11(10)16-8)4-6-12(14)15-2/h3,5,7H,4,6H2,1-2H3. The molecule has 0 aliphatic carbocycles. The van der Waals surface area contributed by atoms with Crippen molar-refractivity contribution in [3.05, 3.63) is 29.7 Å². The number of rotatable bonds is 3. The van der Waals surface area contributed by atoms with Crippen molar-refractivity contribution in [2.75, 3.05) is 7.11 Å². The van der Waals surface area contributed by atoms with E-state index in [0.29, 0.717) is 18.7 Å². The topological polar surface area (TPSA) is 52.3 Å². The van der Waals surface area contributed by atoms with Gasteiger partial charge in [-0.05, 0) is 24.1 Å². The highest BCUT2D eigenvalue weighted by atomic mass is 16.5. The van der Waals surface area contributed by atoms with Crippen LogP contribution in [-0.2, 0) is 16.0 Å². The van der Waals surface area contributed by atoms with Crippen LogP contribution in [0, 0.1) is 6.92 Å². The second kappa shape index (κ2) is 4.35. The number of carbonyl (C=O) groups excluding carboxylic acids is 1. The number of hydrogen-bond acceptors (Lipinski definition) is 4. The zero-order valence-corrected chi connectivity index (χ0v) is 9.32. The summed E-state index contributed by atoms with van der Waals surface area (Å²) >= 11 is 0. The molecule has 1 heterocycles. The van der Waals surface area contributed by atoms with Gasteiger partial charge in [0.1, 0.15) is 5.52 Å². The first-order chi connectivity index (χ1) is 7.69. The molecule has 0 spiro atoms. The first-order valence-electron chi connectivity index (χ1n) is 5.12. The molecule has 0 atom stereocenters. The van der Waals surface area contributed by atoms with Crippen LogP contribution in [0.4, 0.5) is 0 Å². The van der Waals surface area contributed by atoms with Crippen LogP contribution < -0.4 is 0 Å². The largest absolute Gasteiger partial charge is 0.469 e. The van der Waals surface area contributed by atoms with E-state index < -0.39 is 0 Å². The van der Waals surface area contributed by atoms with Gasteiger partial charge in [0.25, 0.3) is 0 Å². The Hall–Kier alpha value is -1.84. The van der Waals surface area contributed by atoms with Crippen molar-refractivity contribution in [2.24, 2.45) is 0 Å². The summed E-state index contributed by atoms with van der Waals surface area (Å²) in [7, 11) is 1.39. The highest BCUT2D eigenvalue weighted by Gasteiger charge is 2.05. The first-order valence-corrected chi connectivity index (χ1v) is 5.12. The molecule has 0 aliphatic rings. The van der Waals surface area contributed by atoms with Gasteiger partial charge in [-0.3, -0.25) is 4.79 Å². The van der Waals surface area contributed by atoms with E-state index in [0.717, 1.165) is 16.7 Å². The monoisotopic (exact) mass is 219 g/mol. The summed E-state index contributed by atoms with van der Waals surface area (Å²) in [6.45, 7) is 1.81. The van der Waals surface area contributed by atoms with Crippen molar-refractivity contribution in [3.8, 4) is 0 Å². The summed E-state index contributed by atoms with van der Waals surface area (Å²) < 4.78 is 10.0. The molecule has 16 heavy (non-hydrogen) atoms. The third kappa shape index (κ3) is 2.21. The Bertz CT molecular complexity index is 516. The van der Waals surface area contributed by atoms with Crippen molar-refractivity contribution in [3.63, 3.8) is 0 Å². The second-order valence-electron chi connectivity index (χ2n) is 3.61. The number of aryl methyl sites for hydroxylation is 2. The molecule has 0 N–H and O–H groups in total. The highest BCUT2D eigenvalue weighted by molar-refractivity contribution is 5.74. The third-order valence-electron chi connectivity index (χ3n) is 2.41. The molecule has 0 bridgehead atoms. The van der Waals surface area contributed by atoms with Crippen molar-refractivity contribution in [1.29, 1.82) is 0 Å². The molecule has 2 rings (SSSR count). The molecule has 4 heteroatoms. The summed E-state index contributed by atoms with van der Waals surface area (Å²) in [5.41, 5.74) is 2.66. The van der Waals surface area contributed by atoms with E-state index in [9.17, 15) is 4.79 Å². The van der Waals surface area contributed by atoms with Crippen LogP contribution >= 0.6 is 0 Å². The predicted octanol–water partition coefficient (Wildman–Crippen LogP) is 2.24. The Morgan fingerprint density at radius 3 is 3.06 bits per heavy atom. The lowest BCUT2D eigenvalue weighted by Gasteiger charge is -1.99. The van der Waals surface area contributed by atoms with Crippen LogP contribution in [0.1, 0.15) is 17.9 Å². The van der Waals surface area contributed by atoms with Gasteiger partial charge in [-0.25, -0.2) is 4.98 Å². The van der Waals surface area contributed by atoms with Gasteiger partial charge in [0.2, 0.25) is 0 Å². The number of esters is 1. The number of carbonyl (C=O) groups is 1. The molecule has 2 aromatic rings. The van der Waals surface area contributed by atoms with Crippen LogP contribution in [0.2, 0.25) is 0 Å². The Labute approximate surface area is 93.2 Å². The van der Waals surface area contributed by atoms with Crippen LogP contribution in [0.3, 0.4) is 0 Å². The third-order valence-corrected chi connectivity index (χ3v) is 2.41. The number of fused-ring (bicyclic) bond motifs is 1. The van der Waals surface area contributed by atoms with Gasteiger partial charge in [0, 0.05) is 13.3 Å². The lowest BCUT2D eigenvalue weighted by atomic mass is 10.1. The van der Waals surface area contributed by atoms with Crippen molar-refractivity contribution in [2.45, 2.75) is 19.8 Å². The van der Waals surface area contributed by atoms with Gasteiger partial charge in [-0.2, -0.15) is 0 Å². The molecule has 0 amide bonds. The number of benzene rings is 1. The molecule has 0 unspecified atom stereocenters. The van der Waals surface area contributed by atoms with Crippen LogP contribution in [-0.4, -0.2) is 18.1 Å². The van der Waals surface area contributed by atoms with E-state index in [1.807, 2.05) is 25.1 Å². The first kappa shape index (κ1) is 10.7. The van der Waals surface area contributed by atoms with Crippen molar-refractivity contribution in [1.82, 2.24) is 4.98 Å². The molecule has 0 aliphatic heterocycles. The quantitative estimate of drug-likeness (QED) is 0.743. The number of nitrogens with zero attached hydrogens (tertiary/aromatic N) is 1.